The summed E-state index contributed by atoms with van der Waals surface area (Å²) in [5.74, 6) is 1.21. The Balaban J connectivity index is 1.65. The smallest absolute Gasteiger partial charge is 0.292 e. The van der Waals surface area contributed by atoms with Crippen LogP contribution >= 0.6 is 0 Å². The predicted octanol–water partition coefficient (Wildman–Crippen LogP) is 2.97. The van der Waals surface area contributed by atoms with Gasteiger partial charge in [0.15, 0.2) is 0 Å². The van der Waals surface area contributed by atoms with Crippen LogP contribution in [0.4, 0.5) is 11.4 Å². The molecule has 2 aromatic rings. The molecule has 1 aliphatic heterocycles. The minimum Gasteiger partial charge on any atom is -0.497 e. The Morgan fingerprint density at radius 2 is 1.79 bits per heavy atom. The lowest BCUT2D eigenvalue weighted by Gasteiger charge is -2.35. The number of nitro benzene ring substituents is 1. The number of rotatable bonds is 6. The Morgan fingerprint density at radius 3 is 2.45 bits per heavy atom. The molecule has 3 rings (SSSR count). The molecule has 0 atom stereocenters. The number of carbonyl (C=O) groups is 1. The zero-order valence-electron chi connectivity index (χ0n) is 16.4. The van der Waals surface area contributed by atoms with Crippen molar-refractivity contribution in [3.05, 3.63) is 64.2 Å². The van der Waals surface area contributed by atoms with Gasteiger partial charge in [0.25, 0.3) is 5.69 Å². The number of para-hydroxylation sites is 2. The average molecular weight is 397 g/mol. The predicted molar refractivity (Wildman–Crippen MR) is 110 cm³/mol. The number of nitro groups is 1. The van der Waals surface area contributed by atoms with E-state index in [1.807, 2.05) is 4.90 Å². The maximum Gasteiger partial charge on any atom is 0.292 e. The van der Waals surface area contributed by atoms with Gasteiger partial charge < -0.3 is 19.3 Å². The van der Waals surface area contributed by atoms with E-state index in [-0.39, 0.29) is 16.5 Å². The van der Waals surface area contributed by atoms with Gasteiger partial charge in [0.1, 0.15) is 17.2 Å². The Labute approximate surface area is 169 Å². The van der Waals surface area contributed by atoms with Crippen molar-refractivity contribution in [3.8, 4) is 11.5 Å². The minimum absolute atomic E-state index is 0.0808. The molecule has 2 aromatic carbocycles. The third-order valence-corrected chi connectivity index (χ3v) is 4.85. The molecule has 0 spiro atoms. The van der Waals surface area contributed by atoms with Crippen LogP contribution in [0.5, 0.6) is 11.5 Å². The lowest BCUT2D eigenvalue weighted by Crippen LogP contribution is -2.48. The molecule has 0 N–H and O–H groups in total. The molecule has 8 nitrogen and oxygen atoms in total. The van der Waals surface area contributed by atoms with Gasteiger partial charge in [-0.1, -0.05) is 12.1 Å². The topological polar surface area (TPSA) is 85.2 Å². The zero-order valence-corrected chi connectivity index (χ0v) is 16.4. The number of anilines is 1. The first-order valence-corrected chi connectivity index (χ1v) is 9.21. The van der Waals surface area contributed by atoms with E-state index in [0.29, 0.717) is 43.4 Å². The number of methoxy groups -OCH3 is 2. The highest BCUT2D eigenvalue weighted by Crippen LogP contribution is 2.28. The quantitative estimate of drug-likeness (QED) is 0.423. The van der Waals surface area contributed by atoms with Gasteiger partial charge in [-0.15, -0.1) is 0 Å². The zero-order chi connectivity index (χ0) is 20.8. The molecule has 0 aliphatic carbocycles. The molecular formula is C21H23N3O5. The number of carbonyl (C=O) groups excluding carboxylic acids is 1. The van der Waals surface area contributed by atoms with Crippen molar-refractivity contribution in [1.82, 2.24) is 4.90 Å². The summed E-state index contributed by atoms with van der Waals surface area (Å²) in [6, 6.07) is 12.1. The summed E-state index contributed by atoms with van der Waals surface area (Å²) in [6.07, 6.45) is 3.22. The average Bonchev–Trinajstić information content (AvgIpc) is 2.77. The number of hydrogen-bond acceptors (Lipinski definition) is 6. The molecule has 1 aliphatic rings. The van der Waals surface area contributed by atoms with Crippen molar-refractivity contribution in [3.63, 3.8) is 0 Å². The van der Waals surface area contributed by atoms with Crippen LogP contribution in [0.3, 0.4) is 0 Å². The van der Waals surface area contributed by atoms with E-state index in [0.717, 1.165) is 5.56 Å². The van der Waals surface area contributed by atoms with E-state index in [9.17, 15) is 14.9 Å². The third-order valence-electron chi connectivity index (χ3n) is 4.85. The van der Waals surface area contributed by atoms with Crippen molar-refractivity contribution < 1.29 is 19.2 Å². The van der Waals surface area contributed by atoms with Crippen LogP contribution < -0.4 is 14.4 Å². The maximum atomic E-state index is 12.6. The summed E-state index contributed by atoms with van der Waals surface area (Å²) in [7, 11) is 3.15. The Kier molecular flexibility index (Phi) is 6.33. The first-order valence-electron chi connectivity index (χ1n) is 9.21. The minimum atomic E-state index is -0.378. The second kappa shape index (κ2) is 9.09. The SMILES string of the molecule is COc1ccc(OC)c(/C=C/C(=O)N2CCN(c3ccccc3[N+](=O)[O-])CC2)c1. The van der Waals surface area contributed by atoms with Crippen LogP contribution in [0.1, 0.15) is 5.56 Å². The molecule has 0 bridgehead atoms. The second-order valence-electron chi connectivity index (χ2n) is 6.50. The van der Waals surface area contributed by atoms with Crippen molar-refractivity contribution in [2.45, 2.75) is 0 Å². The highest BCUT2D eigenvalue weighted by molar-refractivity contribution is 5.92. The van der Waals surface area contributed by atoms with Crippen LogP contribution in [0.25, 0.3) is 6.08 Å². The highest BCUT2D eigenvalue weighted by atomic mass is 16.6. The number of hydrogen-bond donors (Lipinski definition) is 0. The fourth-order valence-corrected chi connectivity index (χ4v) is 3.29. The van der Waals surface area contributed by atoms with Crippen molar-refractivity contribution in [2.75, 3.05) is 45.3 Å². The molecule has 1 saturated heterocycles. The van der Waals surface area contributed by atoms with Gasteiger partial charge in [0.05, 0.1) is 19.1 Å². The molecule has 1 fully saturated rings. The lowest BCUT2D eigenvalue weighted by molar-refractivity contribution is -0.384. The van der Waals surface area contributed by atoms with Crippen LogP contribution in [-0.4, -0.2) is 56.1 Å². The molecule has 1 amide bonds. The van der Waals surface area contributed by atoms with E-state index in [1.54, 1.807) is 61.6 Å². The number of piperazine rings is 1. The largest absolute Gasteiger partial charge is 0.497 e. The summed E-state index contributed by atoms with van der Waals surface area (Å²) in [5, 5.41) is 11.2. The summed E-state index contributed by atoms with van der Waals surface area (Å²) in [6.45, 7) is 2.05. The summed E-state index contributed by atoms with van der Waals surface area (Å²) >= 11 is 0. The molecule has 0 unspecified atom stereocenters. The van der Waals surface area contributed by atoms with E-state index in [2.05, 4.69) is 0 Å². The van der Waals surface area contributed by atoms with Gasteiger partial charge in [-0.25, -0.2) is 0 Å². The first-order chi connectivity index (χ1) is 14.0. The summed E-state index contributed by atoms with van der Waals surface area (Å²) in [4.78, 5) is 27.1. The Hall–Kier alpha value is -3.55. The van der Waals surface area contributed by atoms with Gasteiger partial charge in [0, 0.05) is 43.9 Å². The molecule has 8 heteroatoms. The third kappa shape index (κ3) is 4.66. The second-order valence-corrected chi connectivity index (χ2v) is 6.50. The van der Waals surface area contributed by atoms with Crippen molar-refractivity contribution in [1.29, 1.82) is 0 Å². The fraction of sp³-hybridized carbons (Fsp3) is 0.286. The monoisotopic (exact) mass is 397 g/mol. The molecule has 1 heterocycles. The van der Waals surface area contributed by atoms with Gasteiger partial charge >= 0.3 is 0 Å². The molecule has 152 valence electrons. The number of ether oxygens (including phenoxy) is 2. The van der Waals surface area contributed by atoms with E-state index < -0.39 is 0 Å². The molecule has 0 aromatic heterocycles. The number of nitrogens with zero attached hydrogens (tertiary/aromatic N) is 3. The van der Waals surface area contributed by atoms with Crippen LogP contribution in [-0.2, 0) is 4.79 Å². The van der Waals surface area contributed by atoms with E-state index in [1.165, 1.54) is 12.1 Å². The summed E-state index contributed by atoms with van der Waals surface area (Å²) in [5.41, 5.74) is 1.41. The molecule has 29 heavy (non-hydrogen) atoms. The summed E-state index contributed by atoms with van der Waals surface area (Å²) < 4.78 is 10.5. The van der Waals surface area contributed by atoms with Gasteiger partial charge in [-0.05, 0) is 30.3 Å². The number of benzene rings is 2. The van der Waals surface area contributed by atoms with Gasteiger partial charge in [-0.3, -0.25) is 14.9 Å². The van der Waals surface area contributed by atoms with E-state index >= 15 is 0 Å². The fourth-order valence-electron chi connectivity index (χ4n) is 3.29. The standard InChI is InChI=1S/C21H23N3O5/c1-28-17-8-9-20(29-2)16(15-17)7-10-21(25)23-13-11-22(12-14-23)18-5-3-4-6-19(18)24(26)27/h3-10,15H,11-14H2,1-2H3/b10-7+. The Bertz CT molecular complexity index is 920. The van der Waals surface area contributed by atoms with Crippen LogP contribution in [0.15, 0.2) is 48.5 Å². The molecule has 0 saturated carbocycles. The van der Waals surface area contributed by atoms with Crippen molar-refractivity contribution in [2.24, 2.45) is 0 Å². The lowest BCUT2D eigenvalue weighted by atomic mass is 10.1. The van der Waals surface area contributed by atoms with Crippen LogP contribution in [0, 0.1) is 10.1 Å². The van der Waals surface area contributed by atoms with Gasteiger partial charge in [-0.2, -0.15) is 0 Å². The normalized spacial score (nSPS) is 14.1. The molecule has 0 radical (unpaired) electrons. The number of amides is 1. The van der Waals surface area contributed by atoms with Crippen LogP contribution in [0.2, 0.25) is 0 Å². The van der Waals surface area contributed by atoms with Gasteiger partial charge in [0.2, 0.25) is 5.91 Å². The Morgan fingerprint density at radius 1 is 1.07 bits per heavy atom. The highest BCUT2D eigenvalue weighted by Gasteiger charge is 2.24. The van der Waals surface area contributed by atoms with Crippen molar-refractivity contribution >= 4 is 23.4 Å². The molecular weight excluding hydrogens is 374 g/mol. The van der Waals surface area contributed by atoms with E-state index in [4.69, 9.17) is 9.47 Å². The maximum absolute atomic E-state index is 12.6. The first kappa shape index (κ1) is 20.2.